The van der Waals surface area contributed by atoms with Crippen molar-refractivity contribution in [1.29, 1.82) is 5.26 Å². The Labute approximate surface area is 117 Å². The molecule has 0 spiro atoms. The maximum Gasteiger partial charge on any atom is 0.310 e. The number of benzene rings is 1. The fourth-order valence-corrected chi connectivity index (χ4v) is 3.71. The topological polar surface area (TPSA) is 98.5 Å². The third-order valence-electron chi connectivity index (χ3n) is 3.58. The maximum atomic E-state index is 12.4. The lowest BCUT2D eigenvalue weighted by Crippen LogP contribution is -2.34. The van der Waals surface area contributed by atoms with Crippen molar-refractivity contribution >= 4 is 16.0 Å². The minimum atomic E-state index is -3.71. The molecular weight excluding hydrogens is 280 g/mol. The molecule has 20 heavy (non-hydrogen) atoms. The first-order valence-corrected chi connectivity index (χ1v) is 7.47. The van der Waals surface area contributed by atoms with Crippen molar-refractivity contribution in [2.45, 2.75) is 18.2 Å². The summed E-state index contributed by atoms with van der Waals surface area (Å²) in [5.74, 6) is -0.991. The zero-order valence-electron chi connectivity index (χ0n) is 10.9. The first-order chi connectivity index (χ1) is 9.29. The predicted octanol–water partition coefficient (Wildman–Crippen LogP) is 1.04. The van der Waals surface area contributed by atoms with Crippen molar-refractivity contribution in [2.75, 3.05) is 13.1 Å². The Morgan fingerprint density at radius 1 is 1.40 bits per heavy atom. The molecule has 1 fully saturated rings. The minimum Gasteiger partial charge on any atom is -0.481 e. The van der Waals surface area contributed by atoms with Crippen LogP contribution in [0.2, 0.25) is 0 Å². The second kappa shape index (κ2) is 4.89. The van der Waals surface area contributed by atoms with E-state index in [0.29, 0.717) is 5.56 Å². The van der Waals surface area contributed by atoms with Crippen LogP contribution in [0.25, 0.3) is 0 Å². The van der Waals surface area contributed by atoms with E-state index in [9.17, 15) is 13.2 Å². The third kappa shape index (κ3) is 2.40. The molecule has 1 aromatic carbocycles. The molecular formula is C13H14N2O4S. The number of aliphatic carboxylic acids is 1. The van der Waals surface area contributed by atoms with E-state index in [2.05, 4.69) is 0 Å². The van der Waals surface area contributed by atoms with Crippen molar-refractivity contribution in [1.82, 2.24) is 4.31 Å². The smallest absolute Gasteiger partial charge is 0.310 e. The van der Waals surface area contributed by atoms with Crippen LogP contribution in [-0.4, -0.2) is 36.9 Å². The van der Waals surface area contributed by atoms with Crippen molar-refractivity contribution in [2.24, 2.45) is 5.41 Å². The number of hydrogen-bond donors (Lipinski definition) is 1. The quantitative estimate of drug-likeness (QED) is 0.898. The van der Waals surface area contributed by atoms with Crippen LogP contribution in [0.15, 0.2) is 29.2 Å². The van der Waals surface area contributed by atoms with E-state index in [1.165, 1.54) is 28.6 Å². The molecule has 1 aromatic rings. The van der Waals surface area contributed by atoms with Crippen molar-refractivity contribution < 1.29 is 18.3 Å². The number of sulfonamides is 1. The Balaban J connectivity index is 2.28. The Bertz CT molecular complexity index is 675. The van der Waals surface area contributed by atoms with Crippen molar-refractivity contribution in [3.8, 4) is 6.07 Å². The number of hydrogen-bond acceptors (Lipinski definition) is 4. The van der Waals surface area contributed by atoms with Gasteiger partial charge in [0.1, 0.15) is 0 Å². The normalized spacial score (nSPS) is 23.4. The highest BCUT2D eigenvalue weighted by Crippen LogP contribution is 2.33. The highest BCUT2D eigenvalue weighted by molar-refractivity contribution is 7.89. The predicted molar refractivity (Wildman–Crippen MR) is 70.3 cm³/mol. The van der Waals surface area contributed by atoms with Gasteiger partial charge in [-0.15, -0.1) is 0 Å². The maximum absolute atomic E-state index is 12.4. The minimum absolute atomic E-state index is 0.0370. The summed E-state index contributed by atoms with van der Waals surface area (Å²) < 4.78 is 26.0. The van der Waals surface area contributed by atoms with E-state index in [0.717, 1.165) is 0 Å². The monoisotopic (exact) mass is 294 g/mol. The van der Waals surface area contributed by atoms with Gasteiger partial charge in [0.25, 0.3) is 0 Å². The third-order valence-corrected chi connectivity index (χ3v) is 5.44. The molecule has 1 unspecified atom stereocenters. The van der Waals surface area contributed by atoms with Gasteiger partial charge in [0.05, 0.1) is 21.9 Å². The average molecular weight is 294 g/mol. The Morgan fingerprint density at radius 2 is 2.00 bits per heavy atom. The molecule has 1 aliphatic rings. The first-order valence-electron chi connectivity index (χ1n) is 6.03. The SMILES string of the molecule is CC1(C(=O)O)CCN(S(=O)(=O)c2ccc(C#N)cc2)C1. The lowest BCUT2D eigenvalue weighted by atomic mass is 9.90. The van der Waals surface area contributed by atoms with E-state index in [1.54, 1.807) is 6.92 Å². The Kier molecular flexibility index (Phi) is 3.54. The van der Waals surface area contributed by atoms with Crippen LogP contribution in [0.5, 0.6) is 0 Å². The highest BCUT2D eigenvalue weighted by Gasteiger charge is 2.44. The molecule has 0 saturated carbocycles. The number of nitriles is 1. The molecule has 0 aliphatic carbocycles. The molecule has 6 nitrogen and oxygen atoms in total. The number of carboxylic acids is 1. The van der Waals surface area contributed by atoms with Crippen LogP contribution in [0.3, 0.4) is 0 Å². The molecule has 1 N–H and O–H groups in total. The van der Waals surface area contributed by atoms with E-state index < -0.39 is 21.4 Å². The van der Waals surface area contributed by atoms with Crippen molar-refractivity contribution in [3.05, 3.63) is 29.8 Å². The van der Waals surface area contributed by atoms with Gasteiger partial charge >= 0.3 is 5.97 Å². The van der Waals surface area contributed by atoms with Gasteiger partial charge in [-0.1, -0.05) is 0 Å². The van der Waals surface area contributed by atoms with E-state index in [-0.39, 0.29) is 24.4 Å². The lowest BCUT2D eigenvalue weighted by molar-refractivity contribution is -0.146. The molecule has 7 heteroatoms. The molecule has 1 heterocycles. The highest BCUT2D eigenvalue weighted by atomic mass is 32.2. The zero-order chi connectivity index (χ0) is 15.0. The zero-order valence-corrected chi connectivity index (χ0v) is 11.7. The summed E-state index contributed by atoms with van der Waals surface area (Å²) in [4.78, 5) is 11.2. The van der Waals surface area contributed by atoms with Crippen LogP contribution in [0, 0.1) is 16.7 Å². The van der Waals surface area contributed by atoms with Gasteiger partial charge in [0.2, 0.25) is 10.0 Å². The number of nitrogens with zero attached hydrogens (tertiary/aromatic N) is 2. The second-order valence-electron chi connectivity index (χ2n) is 5.09. The number of carbonyl (C=O) groups is 1. The lowest BCUT2D eigenvalue weighted by Gasteiger charge is -2.20. The molecule has 0 radical (unpaired) electrons. The van der Waals surface area contributed by atoms with Gasteiger partial charge < -0.3 is 5.11 Å². The molecule has 2 rings (SSSR count). The molecule has 0 bridgehead atoms. The molecule has 0 aromatic heterocycles. The summed E-state index contributed by atoms with van der Waals surface area (Å²) in [6.45, 7) is 1.69. The Morgan fingerprint density at radius 3 is 2.45 bits per heavy atom. The molecule has 1 saturated heterocycles. The molecule has 106 valence electrons. The van der Waals surface area contributed by atoms with Crippen molar-refractivity contribution in [3.63, 3.8) is 0 Å². The average Bonchev–Trinajstić information content (AvgIpc) is 2.84. The molecule has 0 amide bonds. The second-order valence-corrected chi connectivity index (χ2v) is 7.03. The largest absolute Gasteiger partial charge is 0.481 e. The molecule has 1 atom stereocenters. The van der Waals surface area contributed by atoms with E-state index >= 15 is 0 Å². The standard InChI is InChI=1S/C13H14N2O4S/c1-13(12(16)17)6-7-15(9-13)20(18,19)11-4-2-10(8-14)3-5-11/h2-5H,6-7,9H2,1H3,(H,16,17). The van der Waals surface area contributed by atoms with Crippen LogP contribution < -0.4 is 0 Å². The van der Waals surface area contributed by atoms with Crippen LogP contribution >= 0.6 is 0 Å². The van der Waals surface area contributed by atoms with Crippen LogP contribution in [0.4, 0.5) is 0 Å². The summed E-state index contributed by atoms with van der Waals surface area (Å²) >= 11 is 0. The van der Waals surface area contributed by atoms with Gasteiger partial charge in [-0.3, -0.25) is 4.79 Å². The number of rotatable bonds is 3. The van der Waals surface area contributed by atoms with Gasteiger partial charge in [0.15, 0.2) is 0 Å². The fourth-order valence-electron chi connectivity index (χ4n) is 2.15. The summed E-state index contributed by atoms with van der Waals surface area (Å²) in [5, 5.41) is 17.8. The summed E-state index contributed by atoms with van der Waals surface area (Å²) in [5.41, 5.74) is -0.666. The summed E-state index contributed by atoms with van der Waals surface area (Å²) in [6, 6.07) is 7.51. The van der Waals surface area contributed by atoms with E-state index in [1.807, 2.05) is 6.07 Å². The Hall–Kier alpha value is -1.91. The van der Waals surface area contributed by atoms with Crippen LogP contribution in [0.1, 0.15) is 18.9 Å². The summed E-state index contributed by atoms with van der Waals surface area (Å²) in [6.07, 6.45) is 0.290. The van der Waals surface area contributed by atoms with Gasteiger partial charge in [0, 0.05) is 13.1 Å². The van der Waals surface area contributed by atoms with Gasteiger partial charge in [-0.25, -0.2) is 8.42 Å². The molecule has 1 aliphatic heterocycles. The van der Waals surface area contributed by atoms with Gasteiger partial charge in [-0.05, 0) is 37.6 Å². The first kappa shape index (κ1) is 14.5. The summed E-state index contributed by atoms with van der Waals surface area (Å²) in [7, 11) is -3.71. The van der Waals surface area contributed by atoms with Gasteiger partial charge in [-0.2, -0.15) is 9.57 Å². The van der Waals surface area contributed by atoms with Crippen LogP contribution in [-0.2, 0) is 14.8 Å². The fraction of sp³-hybridized carbons (Fsp3) is 0.385. The van der Waals surface area contributed by atoms with E-state index in [4.69, 9.17) is 10.4 Å². The number of carboxylic acid groups (broad SMARTS) is 1.